The van der Waals surface area contributed by atoms with E-state index in [1.165, 1.54) is 0 Å². The molecule has 1 amide bonds. The molecule has 3 heterocycles. The van der Waals surface area contributed by atoms with Crippen molar-refractivity contribution >= 4 is 34.6 Å². The van der Waals surface area contributed by atoms with Crippen LogP contribution in [0.4, 0.5) is 5.82 Å². The Balaban J connectivity index is 1.80. The fourth-order valence-electron chi connectivity index (χ4n) is 4.60. The minimum Gasteiger partial charge on any atom is -0.307 e. The molecule has 0 bridgehead atoms. The van der Waals surface area contributed by atoms with Gasteiger partial charge in [0.25, 0.3) is 5.91 Å². The normalized spacial score (nSPS) is 23.1. The second-order valence-electron chi connectivity index (χ2n) is 9.18. The zero-order valence-electron chi connectivity index (χ0n) is 18.1. The van der Waals surface area contributed by atoms with Gasteiger partial charge in [0.15, 0.2) is 0 Å². The first kappa shape index (κ1) is 20.7. The van der Waals surface area contributed by atoms with E-state index in [0.29, 0.717) is 23.5 Å². The third-order valence-corrected chi connectivity index (χ3v) is 7.05. The second-order valence-corrected chi connectivity index (χ2v) is 10.1. The first-order valence-electron chi connectivity index (χ1n) is 10.3. The third kappa shape index (κ3) is 3.76. The molecule has 2 aromatic heterocycles. The van der Waals surface area contributed by atoms with Crippen LogP contribution in [-0.2, 0) is 9.59 Å². The fourth-order valence-corrected chi connectivity index (χ4v) is 5.67. The molecule has 2 aliphatic rings. The highest BCUT2D eigenvalue weighted by atomic mass is 32.1. The van der Waals surface area contributed by atoms with Gasteiger partial charge in [-0.05, 0) is 61.2 Å². The zero-order chi connectivity index (χ0) is 21.6. The molecule has 4 rings (SSSR count). The monoisotopic (exact) mass is 421 g/mol. The van der Waals surface area contributed by atoms with Crippen LogP contribution in [-0.4, -0.2) is 22.4 Å². The molecule has 156 valence electrons. The van der Waals surface area contributed by atoms with E-state index in [1.807, 2.05) is 32.2 Å². The summed E-state index contributed by atoms with van der Waals surface area (Å²) in [6.45, 7) is 10.1. The summed E-state index contributed by atoms with van der Waals surface area (Å²) in [7, 11) is 0. The molecule has 6 heteroatoms. The third-order valence-electron chi connectivity index (χ3n) is 5.95. The second kappa shape index (κ2) is 7.58. The van der Waals surface area contributed by atoms with Crippen molar-refractivity contribution in [2.75, 3.05) is 5.32 Å². The first-order chi connectivity index (χ1) is 14.2. The van der Waals surface area contributed by atoms with Crippen LogP contribution in [0.5, 0.6) is 0 Å². The average molecular weight is 422 g/mol. The van der Waals surface area contributed by atoms with Crippen molar-refractivity contribution in [3.05, 3.63) is 57.1 Å². The molecule has 2 aromatic rings. The topological polar surface area (TPSA) is 71.4 Å². The van der Waals surface area contributed by atoms with Crippen LogP contribution in [0, 0.1) is 25.2 Å². The van der Waals surface area contributed by atoms with Crippen molar-refractivity contribution in [1.82, 2.24) is 4.98 Å². The Labute approximate surface area is 181 Å². The van der Waals surface area contributed by atoms with Gasteiger partial charge in [-0.25, -0.2) is 4.98 Å². The van der Waals surface area contributed by atoms with E-state index in [1.54, 1.807) is 23.6 Å². The number of allylic oxidation sites excluding steroid dienone is 1. The Kier molecular flexibility index (Phi) is 5.22. The van der Waals surface area contributed by atoms with E-state index in [4.69, 9.17) is 4.99 Å². The molecule has 2 atom stereocenters. The highest BCUT2D eigenvalue weighted by Gasteiger charge is 2.48. The molecule has 5 nitrogen and oxygen atoms in total. The zero-order valence-corrected chi connectivity index (χ0v) is 18.9. The van der Waals surface area contributed by atoms with Crippen LogP contribution in [0.2, 0.25) is 0 Å². The molecule has 0 unspecified atom stereocenters. The largest absolute Gasteiger partial charge is 0.307 e. The quantitative estimate of drug-likeness (QED) is 0.739. The Bertz CT molecular complexity index is 1080. The van der Waals surface area contributed by atoms with Gasteiger partial charge < -0.3 is 5.32 Å². The van der Waals surface area contributed by atoms with E-state index in [2.05, 4.69) is 30.2 Å². The maximum atomic E-state index is 13.4. The summed E-state index contributed by atoms with van der Waals surface area (Å²) >= 11 is 1.61. The van der Waals surface area contributed by atoms with E-state index in [-0.39, 0.29) is 28.9 Å². The number of carbonyl (C=O) groups excluding carboxylic acids is 2. The lowest BCUT2D eigenvalue weighted by Gasteiger charge is -2.41. The molecular weight excluding hydrogens is 394 g/mol. The highest BCUT2D eigenvalue weighted by Crippen LogP contribution is 2.48. The Morgan fingerprint density at radius 1 is 1.13 bits per heavy atom. The lowest BCUT2D eigenvalue weighted by atomic mass is 9.64. The molecule has 0 spiro atoms. The molecule has 0 aromatic carbocycles. The Hall–Kier alpha value is -2.60. The molecule has 1 saturated carbocycles. The minimum absolute atomic E-state index is 0.104. The number of thiophene rings is 1. The van der Waals surface area contributed by atoms with Crippen LogP contribution in [0.1, 0.15) is 55.5 Å². The number of anilines is 1. The molecule has 1 N–H and O–H groups in total. The van der Waals surface area contributed by atoms with E-state index < -0.39 is 0 Å². The van der Waals surface area contributed by atoms with Gasteiger partial charge >= 0.3 is 0 Å². The van der Waals surface area contributed by atoms with Gasteiger partial charge in [-0.3, -0.25) is 14.6 Å². The van der Waals surface area contributed by atoms with E-state index >= 15 is 0 Å². The van der Waals surface area contributed by atoms with Crippen LogP contribution >= 0.6 is 11.3 Å². The van der Waals surface area contributed by atoms with Crippen molar-refractivity contribution in [3.63, 3.8) is 0 Å². The summed E-state index contributed by atoms with van der Waals surface area (Å²) < 4.78 is 0. The van der Waals surface area contributed by atoms with Crippen LogP contribution in [0.15, 0.2) is 46.0 Å². The van der Waals surface area contributed by atoms with Crippen molar-refractivity contribution in [2.45, 2.75) is 53.4 Å². The summed E-state index contributed by atoms with van der Waals surface area (Å²) in [5, 5.41) is 4.95. The number of Topliss-reactive ketones (excluding diaryl/α,β-unsaturated/α-hetero) is 1. The van der Waals surface area contributed by atoms with Gasteiger partial charge in [0.05, 0.1) is 5.92 Å². The predicted octanol–water partition coefficient (Wildman–Crippen LogP) is 5.22. The Morgan fingerprint density at radius 2 is 1.90 bits per heavy atom. The van der Waals surface area contributed by atoms with Crippen LogP contribution in [0.25, 0.3) is 0 Å². The number of nitrogens with zero attached hydrogens (tertiary/aromatic N) is 2. The minimum atomic E-state index is -0.370. The molecule has 0 saturated heterocycles. The number of fused-ring (bicyclic) bond motifs is 1. The summed E-state index contributed by atoms with van der Waals surface area (Å²) in [4.78, 5) is 36.9. The lowest BCUT2D eigenvalue weighted by Crippen LogP contribution is -2.44. The van der Waals surface area contributed by atoms with E-state index in [0.717, 1.165) is 28.1 Å². The molecule has 1 aliphatic carbocycles. The highest BCUT2D eigenvalue weighted by molar-refractivity contribution is 7.10. The van der Waals surface area contributed by atoms with Crippen LogP contribution < -0.4 is 5.32 Å². The van der Waals surface area contributed by atoms with Crippen molar-refractivity contribution < 1.29 is 9.59 Å². The molecule has 1 fully saturated rings. The lowest BCUT2D eigenvalue weighted by molar-refractivity contribution is -0.124. The number of pyridine rings is 1. The van der Waals surface area contributed by atoms with Crippen LogP contribution in [0.3, 0.4) is 0 Å². The summed E-state index contributed by atoms with van der Waals surface area (Å²) in [6, 6.07) is 5.75. The Morgan fingerprint density at radius 3 is 2.53 bits per heavy atom. The van der Waals surface area contributed by atoms with E-state index in [9.17, 15) is 9.59 Å². The average Bonchev–Trinajstić information content (AvgIpc) is 3.07. The van der Waals surface area contributed by atoms with Crippen molar-refractivity contribution in [3.8, 4) is 0 Å². The number of aryl methyl sites for hydroxylation is 2. The van der Waals surface area contributed by atoms with Gasteiger partial charge in [0.1, 0.15) is 11.6 Å². The number of aliphatic imine (C=N–C) groups is 1. The van der Waals surface area contributed by atoms with Crippen molar-refractivity contribution in [2.24, 2.45) is 16.3 Å². The van der Waals surface area contributed by atoms with Gasteiger partial charge in [0.2, 0.25) is 0 Å². The number of amides is 1. The molecule has 30 heavy (non-hydrogen) atoms. The van der Waals surface area contributed by atoms with Gasteiger partial charge in [0, 0.05) is 40.4 Å². The maximum Gasteiger partial charge on any atom is 0.255 e. The number of aromatic nitrogens is 1. The molecule has 0 radical (unpaired) electrons. The molecular formula is C24H27N3O2S. The summed E-state index contributed by atoms with van der Waals surface area (Å²) in [5.41, 5.74) is 4.21. The SMILES string of the molecule is CC1=C(C(=O)Nc2ccc(C)cn2)[C@H](c2sccc2C)[C@H]2C(=O)CC(C)(C)CC2=N1. The fraction of sp³-hybridized carbons (Fsp3) is 0.417. The number of carbonyl (C=O) groups is 2. The predicted molar refractivity (Wildman–Crippen MR) is 121 cm³/mol. The number of hydrogen-bond acceptors (Lipinski definition) is 5. The summed E-state index contributed by atoms with van der Waals surface area (Å²) in [6.07, 6.45) is 3.00. The summed E-state index contributed by atoms with van der Waals surface area (Å²) in [5.74, 6) is -0.230. The first-order valence-corrected chi connectivity index (χ1v) is 11.1. The van der Waals surface area contributed by atoms with Gasteiger partial charge in [-0.15, -0.1) is 11.3 Å². The molecule has 1 aliphatic heterocycles. The van der Waals surface area contributed by atoms with Gasteiger partial charge in [-0.2, -0.15) is 0 Å². The number of nitrogens with one attached hydrogen (secondary N) is 1. The standard InChI is InChI=1S/C24H27N3O2S/c1-13-6-7-18(25-12-13)27-23(29)19-15(3)26-16-10-24(4,5)11-17(28)20(16)21(19)22-14(2)8-9-30-22/h6-9,12,20-21H,10-11H2,1-5H3,(H,25,27,29)/t20-,21+/m1/s1. The number of rotatable bonds is 3. The maximum absolute atomic E-state index is 13.4. The smallest absolute Gasteiger partial charge is 0.255 e. The van der Waals surface area contributed by atoms with Gasteiger partial charge in [-0.1, -0.05) is 19.9 Å². The number of ketones is 1. The number of hydrogen-bond donors (Lipinski definition) is 1. The van der Waals surface area contributed by atoms with Crippen molar-refractivity contribution in [1.29, 1.82) is 0 Å².